The van der Waals surface area contributed by atoms with Crippen LogP contribution >= 0.6 is 0 Å². The zero-order valence-corrected chi connectivity index (χ0v) is 17.2. The minimum Gasteiger partial charge on any atom is -0.445 e. The van der Waals surface area contributed by atoms with Crippen LogP contribution in [0.4, 0.5) is 16.3 Å². The average molecular weight is 424 g/mol. The van der Waals surface area contributed by atoms with Crippen LogP contribution in [-0.2, 0) is 25.7 Å². The molecule has 1 atom stereocenters. The van der Waals surface area contributed by atoms with Crippen LogP contribution in [0.5, 0.6) is 0 Å². The number of pyridine rings is 1. The Labute approximate surface area is 179 Å². The van der Waals surface area contributed by atoms with Gasteiger partial charge in [0, 0.05) is 19.5 Å². The van der Waals surface area contributed by atoms with E-state index in [1.807, 2.05) is 30.3 Å². The molecule has 2 aliphatic heterocycles. The largest absolute Gasteiger partial charge is 0.445 e. The lowest BCUT2D eigenvalue weighted by Gasteiger charge is -2.28. The summed E-state index contributed by atoms with van der Waals surface area (Å²) in [6, 6.07) is 12.5. The van der Waals surface area contributed by atoms with Gasteiger partial charge in [0.05, 0.1) is 24.0 Å². The maximum atomic E-state index is 12.5. The lowest BCUT2D eigenvalue weighted by atomic mass is 10.2. The predicted molar refractivity (Wildman–Crippen MR) is 113 cm³/mol. The number of anilines is 2. The highest BCUT2D eigenvalue weighted by Gasteiger charge is 2.33. The zero-order valence-electron chi connectivity index (χ0n) is 17.2. The van der Waals surface area contributed by atoms with Crippen LogP contribution in [0.15, 0.2) is 42.5 Å². The number of alkyl carbamates (subject to hydrolysis) is 1. The SMILES string of the molecule is Cc1nc(N2CC(NC(=O)OCc3ccccc3)CC2=O)ccc1N1CCOCC1=O. The smallest absolute Gasteiger partial charge is 0.407 e. The Morgan fingerprint density at radius 3 is 2.71 bits per heavy atom. The first kappa shape index (κ1) is 20.8. The molecule has 2 aliphatic rings. The van der Waals surface area contributed by atoms with E-state index in [2.05, 4.69) is 10.3 Å². The number of hydrogen-bond donors (Lipinski definition) is 1. The molecule has 162 valence electrons. The minimum absolute atomic E-state index is 0.0551. The maximum absolute atomic E-state index is 12.5. The molecule has 1 aromatic heterocycles. The number of nitrogens with one attached hydrogen (secondary N) is 1. The number of nitrogens with zero attached hydrogens (tertiary/aromatic N) is 3. The summed E-state index contributed by atoms with van der Waals surface area (Å²) in [6.45, 7) is 3.28. The number of ether oxygens (including phenoxy) is 2. The Morgan fingerprint density at radius 1 is 1.16 bits per heavy atom. The van der Waals surface area contributed by atoms with Crippen LogP contribution < -0.4 is 15.1 Å². The number of aromatic nitrogens is 1. The van der Waals surface area contributed by atoms with Gasteiger partial charge in [0.25, 0.3) is 5.91 Å². The van der Waals surface area contributed by atoms with Gasteiger partial charge in [-0.3, -0.25) is 14.5 Å². The normalized spacial score (nSPS) is 18.9. The Hall–Kier alpha value is -3.46. The van der Waals surface area contributed by atoms with Gasteiger partial charge in [-0.25, -0.2) is 9.78 Å². The highest BCUT2D eigenvalue weighted by atomic mass is 16.5. The molecule has 31 heavy (non-hydrogen) atoms. The molecule has 2 fully saturated rings. The van der Waals surface area contributed by atoms with Crippen LogP contribution in [0, 0.1) is 6.92 Å². The van der Waals surface area contributed by atoms with E-state index in [1.54, 1.807) is 28.9 Å². The fourth-order valence-electron chi connectivity index (χ4n) is 3.71. The van der Waals surface area contributed by atoms with Crippen molar-refractivity contribution in [3.05, 3.63) is 53.7 Å². The average Bonchev–Trinajstić information content (AvgIpc) is 3.13. The summed E-state index contributed by atoms with van der Waals surface area (Å²) in [5.74, 6) is 0.254. The quantitative estimate of drug-likeness (QED) is 0.785. The Morgan fingerprint density at radius 2 is 1.97 bits per heavy atom. The Bertz CT molecular complexity index is 981. The van der Waals surface area contributed by atoms with Gasteiger partial charge < -0.3 is 19.7 Å². The summed E-state index contributed by atoms with van der Waals surface area (Å²) in [4.78, 5) is 44.4. The van der Waals surface area contributed by atoms with Crippen LogP contribution in [-0.4, -0.2) is 55.2 Å². The molecule has 3 amide bonds. The highest BCUT2D eigenvalue weighted by Crippen LogP contribution is 2.26. The third-order valence-corrected chi connectivity index (χ3v) is 5.26. The van der Waals surface area contributed by atoms with Gasteiger partial charge in [-0.05, 0) is 24.6 Å². The summed E-state index contributed by atoms with van der Waals surface area (Å²) in [5, 5.41) is 2.74. The molecule has 4 rings (SSSR count). The van der Waals surface area contributed by atoms with Crippen molar-refractivity contribution in [3.8, 4) is 0 Å². The monoisotopic (exact) mass is 424 g/mol. The van der Waals surface area contributed by atoms with Crippen LogP contribution in [0.2, 0.25) is 0 Å². The topological polar surface area (TPSA) is 101 Å². The van der Waals surface area contributed by atoms with Crippen molar-refractivity contribution in [1.82, 2.24) is 10.3 Å². The van der Waals surface area contributed by atoms with Gasteiger partial charge in [0.2, 0.25) is 5.91 Å². The second-order valence-electron chi connectivity index (χ2n) is 7.48. The fraction of sp³-hybridized carbons (Fsp3) is 0.364. The molecular weight excluding hydrogens is 400 g/mol. The van der Waals surface area contributed by atoms with Crippen molar-refractivity contribution < 1.29 is 23.9 Å². The van der Waals surface area contributed by atoms with Crippen molar-refractivity contribution in [2.45, 2.75) is 26.0 Å². The predicted octanol–water partition coefficient (Wildman–Crippen LogP) is 1.78. The molecule has 2 saturated heterocycles. The standard InChI is InChI=1S/C22H24N4O5/c1-15-18(25-9-10-30-14-21(25)28)7-8-19(23-15)26-12-17(11-20(26)27)24-22(29)31-13-16-5-3-2-4-6-16/h2-8,17H,9-14H2,1H3,(H,24,29). The Kier molecular flexibility index (Phi) is 6.13. The van der Waals surface area contributed by atoms with E-state index in [0.717, 1.165) is 5.56 Å². The van der Waals surface area contributed by atoms with E-state index >= 15 is 0 Å². The Balaban J connectivity index is 1.36. The van der Waals surface area contributed by atoms with E-state index in [4.69, 9.17) is 9.47 Å². The van der Waals surface area contributed by atoms with Gasteiger partial charge >= 0.3 is 6.09 Å². The summed E-state index contributed by atoms with van der Waals surface area (Å²) < 4.78 is 10.4. The summed E-state index contributed by atoms with van der Waals surface area (Å²) in [7, 11) is 0. The summed E-state index contributed by atoms with van der Waals surface area (Å²) in [5.41, 5.74) is 2.25. The van der Waals surface area contributed by atoms with Crippen LogP contribution in [0.25, 0.3) is 0 Å². The fourth-order valence-corrected chi connectivity index (χ4v) is 3.71. The number of rotatable bonds is 5. The molecule has 1 aromatic carbocycles. The molecule has 1 N–H and O–H groups in total. The van der Waals surface area contributed by atoms with Crippen molar-refractivity contribution in [1.29, 1.82) is 0 Å². The third kappa shape index (κ3) is 4.83. The van der Waals surface area contributed by atoms with Crippen molar-refractivity contribution in [2.75, 3.05) is 36.1 Å². The molecule has 9 heteroatoms. The number of morpholine rings is 1. The number of hydrogen-bond acceptors (Lipinski definition) is 6. The number of carbonyl (C=O) groups is 3. The number of carbonyl (C=O) groups excluding carboxylic acids is 3. The van der Waals surface area contributed by atoms with Crippen molar-refractivity contribution in [3.63, 3.8) is 0 Å². The molecule has 3 heterocycles. The van der Waals surface area contributed by atoms with E-state index in [-0.39, 0.29) is 37.5 Å². The molecule has 1 unspecified atom stereocenters. The first-order chi connectivity index (χ1) is 15.0. The molecule has 2 aromatic rings. The zero-order chi connectivity index (χ0) is 21.8. The molecule has 0 aliphatic carbocycles. The first-order valence-corrected chi connectivity index (χ1v) is 10.1. The van der Waals surface area contributed by atoms with Crippen molar-refractivity contribution in [2.24, 2.45) is 0 Å². The van der Waals surface area contributed by atoms with E-state index < -0.39 is 6.09 Å². The van der Waals surface area contributed by atoms with E-state index in [0.29, 0.717) is 36.9 Å². The van der Waals surface area contributed by atoms with Crippen molar-refractivity contribution >= 4 is 29.4 Å². The second kappa shape index (κ2) is 9.13. The molecular formula is C22H24N4O5. The van der Waals surface area contributed by atoms with E-state index in [1.165, 1.54) is 0 Å². The minimum atomic E-state index is -0.561. The lowest BCUT2D eigenvalue weighted by Crippen LogP contribution is -2.42. The van der Waals surface area contributed by atoms with Gasteiger partial charge in [-0.1, -0.05) is 30.3 Å². The third-order valence-electron chi connectivity index (χ3n) is 5.26. The number of benzene rings is 1. The number of amides is 3. The lowest BCUT2D eigenvalue weighted by molar-refractivity contribution is -0.125. The molecule has 9 nitrogen and oxygen atoms in total. The molecule has 0 radical (unpaired) electrons. The van der Waals surface area contributed by atoms with Gasteiger partial charge in [-0.15, -0.1) is 0 Å². The summed E-state index contributed by atoms with van der Waals surface area (Å²) in [6.07, 6.45) is -0.390. The molecule has 0 saturated carbocycles. The maximum Gasteiger partial charge on any atom is 0.407 e. The number of aryl methyl sites for hydroxylation is 1. The van der Waals surface area contributed by atoms with Gasteiger partial charge in [-0.2, -0.15) is 0 Å². The van der Waals surface area contributed by atoms with Crippen LogP contribution in [0.1, 0.15) is 17.7 Å². The first-order valence-electron chi connectivity index (χ1n) is 10.1. The highest BCUT2D eigenvalue weighted by molar-refractivity contribution is 5.97. The van der Waals surface area contributed by atoms with Crippen LogP contribution in [0.3, 0.4) is 0 Å². The second-order valence-corrected chi connectivity index (χ2v) is 7.48. The molecule has 0 spiro atoms. The van der Waals surface area contributed by atoms with Gasteiger partial charge in [0.15, 0.2) is 0 Å². The summed E-state index contributed by atoms with van der Waals surface area (Å²) >= 11 is 0. The van der Waals surface area contributed by atoms with Gasteiger partial charge in [0.1, 0.15) is 19.0 Å². The molecule has 0 bridgehead atoms. The van der Waals surface area contributed by atoms with E-state index in [9.17, 15) is 14.4 Å².